The van der Waals surface area contributed by atoms with Crippen molar-refractivity contribution in [1.82, 2.24) is 29.3 Å². The van der Waals surface area contributed by atoms with Gasteiger partial charge in [0.15, 0.2) is 0 Å². The zero-order chi connectivity index (χ0) is 17.1. The molecule has 7 nitrogen and oxygen atoms in total. The van der Waals surface area contributed by atoms with Crippen molar-refractivity contribution in [2.24, 2.45) is 7.05 Å². The van der Waals surface area contributed by atoms with E-state index in [-0.39, 0.29) is 0 Å². The molecule has 124 valence electrons. The van der Waals surface area contributed by atoms with Gasteiger partial charge in [0.1, 0.15) is 24.3 Å². The van der Waals surface area contributed by atoms with Gasteiger partial charge < -0.3 is 5.32 Å². The maximum absolute atomic E-state index is 4.27. The zero-order valence-corrected chi connectivity index (χ0v) is 13.7. The molecule has 0 fully saturated rings. The monoisotopic (exact) mass is 331 g/mol. The molecular weight excluding hydrogens is 314 g/mol. The fourth-order valence-corrected chi connectivity index (χ4v) is 2.56. The number of aryl methyl sites for hydroxylation is 1. The highest BCUT2D eigenvalue weighted by Gasteiger charge is 2.03. The van der Waals surface area contributed by atoms with Gasteiger partial charge in [-0.3, -0.25) is 9.25 Å². The molecule has 3 aromatic heterocycles. The van der Waals surface area contributed by atoms with E-state index >= 15 is 0 Å². The number of nitrogens with one attached hydrogen (secondary N) is 1. The van der Waals surface area contributed by atoms with Gasteiger partial charge >= 0.3 is 0 Å². The highest BCUT2D eigenvalue weighted by Crippen LogP contribution is 2.19. The Morgan fingerprint density at radius 3 is 2.68 bits per heavy atom. The first kappa shape index (κ1) is 15.1. The lowest BCUT2D eigenvalue weighted by molar-refractivity contribution is 0.768. The summed E-state index contributed by atoms with van der Waals surface area (Å²) < 4.78 is 3.65. The second-order valence-corrected chi connectivity index (χ2v) is 5.68. The molecule has 3 heterocycles. The molecule has 0 radical (unpaired) electrons. The highest BCUT2D eigenvalue weighted by atomic mass is 15.2. The number of imidazole rings is 1. The zero-order valence-electron chi connectivity index (χ0n) is 13.7. The second-order valence-electron chi connectivity index (χ2n) is 5.68. The molecule has 0 saturated carbocycles. The molecule has 0 spiro atoms. The normalized spacial score (nSPS) is 10.8. The maximum atomic E-state index is 4.27. The van der Waals surface area contributed by atoms with Crippen LogP contribution in [0.15, 0.2) is 67.8 Å². The summed E-state index contributed by atoms with van der Waals surface area (Å²) in [4.78, 5) is 12.5. The minimum absolute atomic E-state index is 0.688. The van der Waals surface area contributed by atoms with Crippen LogP contribution in [0.25, 0.3) is 16.9 Å². The van der Waals surface area contributed by atoms with Crippen LogP contribution in [0.3, 0.4) is 0 Å². The summed E-state index contributed by atoms with van der Waals surface area (Å²) in [6.45, 7) is 0.688. The number of rotatable bonds is 5. The van der Waals surface area contributed by atoms with Crippen LogP contribution in [0.1, 0.15) is 5.56 Å². The molecule has 4 aromatic rings. The van der Waals surface area contributed by atoms with E-state index in [0.29, 0.717) is 6.54 Å². The van der Waals surface area contributed by atoms with Crippen LogP contribution >= 0.6 is 0 Å². The summed E-state index contributed by atoms with van der Waals surface area (Å²) in [7, 11) is 1.92. The third-order valence-corrected chi connectivity index (χ3v) is 3.89. The van der Waals surface area contributed by atoms with Crippen molar-refractivity contribution in [3.8, 4) is 16.9 Å². The Morgan fingerprint density at radius 1 is 1.08 bits per heavy atom. The van der Waals surface area contributed by atoms with Crippen molar-refractivity contribution in [2.75, 3.05) is 5.32 Å². The minimum atomic E-state index is 0.688. The standard InChI is InChI=1S/C18H17N7/c1-24-11-16(10-23-24)15-4-2-14(3-5-15)9-20-17-8-18(22-12-21-17)25-7-6-19-13-25/h2-8,10-13H,9H2,1H3,(H,20,21,22). The smallest absolute Gasteiger partial charge is 0.143 e. The number of hydrogen-bond donors (Lipinski definition) is 1. The molecule has 1 aromatic carbocycles. The molecule has 7 heteroatoms. The Bertz CT molecular complexity index is 955. The SMILES string of the molecule is Cn1cc(-c2ccc(CNc3cc(-n4ccnc4)ncn3)cc2)cn1. The Kier molecular flexibility index (Phi) is 3.96. The van der Waals surface area contributed by atoms with Crippen LogP contribution in [-0.2, 0) is 13.6 Å². The van der Waals surface area contributed by atoms with Crippen molar-refractivity contribution in [3.63, 3.8) is 0 Å². The number of anilines is 1. The topological polar surface area (TPSA) is 73.5 Å². The highest BCUT2D eigenvalue weighted by molar-refractivity contribution is 5.62. The van der Waals surface area contributed by atoms with Crippen molar-refractivity contribution in [2.45, 2.75) is 6.54 Å². The largest absolute Gasteiger partial charge is 0.366 e. The maximum Gasteiger partial charge on any atom is 0.143 e. The third-order valence-electron chi connectivity index (χ3n) is 3.89. The summed E-state index contributed by atoms with van der Waals surface area (Å²) in [5.41, 5.74) is 3.44. The molecule has 0 atom stereocenters. The quantitative estimate of drug-likeness (QED) is 0.609. The summed E-state index contributed by atoms with van der Waals surface area (Å²) in [5.74, 6) is 1.55. The Balaban J connectivity index is 1.44. The average molecular weight is 331 g/mol. The molecule has 0 saturated heterocycles. The number of benzene rings is 1. The Morgan fingerprint density at radius 2 is 1.96 bits per heavy atom. The predicted molar refractivity (Wildman–Crippen MR) is 95.1 cm³/mol. The minimum Gasteiger partial charge on any atom is -0.366 e. The number of nitrogens with zero attached hydrogens (tertiary/aromatic N) is 6. The predicted octanol–water partition coefficient (Wildman–Crippen LogP) is 2.67. The van der Waals surface area contributed by atoms with Crippen LogP contribution < -0.4 is 5.32 Å². The molecule has 25 heavy (non-hydrogen) atoms. The molecule has 0 aliphatic rings. The molecular formula is C18H17N7. The molecule has 0 bridgehead atoms. The van der Waals surface area contributed by atoms with Gasteiger partial charge in [0.25, 0.3) is 0 Å². The van der Waals surface area contributed by atoms with Gasteiger partial charge in [0.2, 0.25) is 0 Å². The molecule has 0 aliphatic heterocycles. The van der Waals surface area contributed by atoms with Crippen LogP contribution in [0, 0.1) is 0 Å². The van der Waals surface area contributed by atoms with Gasteiger partial charge in [-0.1, -0.05) is 24.3 Å². The third kappa shape index (κ3) is 3.40. The van der Waals surface area contributed by atoms with Gasteiger partial charge in [-0.15, -0.1) is 0 Å². The van der Waals surface area contributed by atoms with E-state index in [1.165, 1.54) is 5.56 Å². The van der Waals surface area contributed by atoms with Crippen LogP contribution in [0.4, 0.5) is 5.82 Å². The Hall–Kier alpha value is -3.48. The van der Waals surface area contributed by atoms with Gasteiger partial charge in [0, 0.05) is 43.8 Å². The average Bonchev–Trinajstić information content (AvgIpc) is 3.33. The van der Waals surface area contributed by atoms with E-state index < -0.39 is 0 Å². The van der Waals surface area contributed by atoms with Crippen LogP contribution in [0.5, 0.6) is 0 Å². The first-order valence-corrected chi connectivity index (χ1v) is 7.90. The fraction of sp³-hybridized carbons (Fsp3) is 0.111. The summed E-state index contributed by atoms with van der Waals surface area (Å²) in [6.07, 6.45) is 10.7. The summed E-state index contributed by atoms with van der Waals surface area (Å²) >= 11 is 0. The summed E-state index contributed by atoms with van der Waals surface area (Å²) in [6, 6.07) is 10.3. The second kappa shape index (κ2) is 6.56. The van der Waals surface area contributed by atoms with E-state index in [4.69, 9.17) is 0 Å². The number of aromatic nitrogens is 6. The van der Waals surface area contributed by atoms with E-state index in [9.17, 15) is 0 Å². The van der Waals surface area contributed by atoms with E-state index in [1.54, 1.807) is 23.5 Å². The van der Waals surface area contributed by atoms with Crippen molar-refractivity contribution < 1.29 is 0 Å². The number of hydrogen-bond acceptors (Lipinski definition) is 5. The molecule has 4 rings (SSSR count). The summed E-state index contributed by atoms with van der Waals surface area (Å²) in [5, 5.41) is 7.53. The van der Waals surface area contributed by atoms with Crippen LogP contribution in [0.2, 0.25) is 0 Å². The van der Waals surface area contributed by atoms with Gasteiger partial charge in [0.05, 0.1) is 6.20 Å². The van der Waals surface area contributed by atoms with E-state index in [1.807, 2.05) is 36.3 Å². The lowest BCUT2D eigenvalue weighted by atomic mass is 10.1. The van der Waals surface area contributed by atoms with E-state index in [2.05, 4.69) is 49.6 Å². The van der Waals surface area contributed by atoms with Crippen molar-refractivity contribution in [1.29, 1.82) is 0 Å². The van der Waals surface area contributed by atoms with Gasteiger partial charge in [-0.2, -0.15) is 5.10 Å². The fourth-order valence-electron chi connectivity index (χ4n) is 2.56. The Labute approximate surface area is 145 Å². The van der Waals surface area contributed by atoms with Crippen molar-refractivity contribution in [3.05, 3.63) is 73.3 Å². The lowest BCUT2D eigenvalue weighted by Gasteiger charge is -2.08. The van der Waals surface area contributed by atoms with Crippen molar-refractivity contribution >= 4 is 5.82 Å². The first-order valence-electron chi connectivity index (χ1n) is 7.90. The molecule has 1 N–H and O–H groups in total. The molecule has 0 aliphatic carbocycles. The van der Waals surface area contributed by atoms with Gasteiger partial charge in [-0.05, 0) is 11.1 Å². The van der Waals surface area contributed by atoms with Crippen LogP contribution in [-0.4, -0.2) is 29.3 Å². The lowest BCUT2D eigenvalue weighted by Crippen LogP contribution is -2.03. The van der Waals surface area contributed by atoms with E-state index in [0.717, 1.165) is 22.8 Å². The molecule has 0 amide bonds. The first-order chi connectivity index (χ1) is 12.3. The molecule has 0 unspecified atom stereocenters. The van der Waals surface area contributed by atoms with Gasteiger partial charge in [-0.25, -0.2) is 15.0 Å².